The molecule has 0 saturated carbocycles. The summed E-state index contributed by atoms with van der Waals surface area (Å²) in [7, 11) is 1.52. The molecule has 2 aromatic rings. The van der Waals surface area contributed by atoms with E-state index in [1.807, 2.05) is 13.8 Å². The first-order valence-corrected chi connectivity index (χ1v) is 5.76. The van der Waals surface area contributed by atoms with Gasteiger partial charge in [-0.1, -0.05) is 13.8 Å². The molecule has 0 radical (unpaired) electrons. The number of halogens is 2. The second-order valence-electron chi connectivity index (χ2n) is 3.44. The van der Waals surface area contributed by atoms with Crippen LogP contribution in [0.4, 0.5) is 8.78 Å². The summed E-state index contributed by atoms with van der Waals surface area (Å²) in [5, 5.41) is 3.04. The Bertz CT molecular complexity index is 549. The van der Waals surface area contributed by atoms with Crippen LogP contribution >= 0.6 is 0 Å². The molecule has 1 aromatic heterocycles. The molecule has 0 aliphatic heterocycles. The SMILES string of the molecule is CC.CNC(=O)Cn1ccc2cc(F)c(F)cc21. The molecular weight excluding hydrogens is 238 g/mol. The molecule has 1 aromatic carbocycles. The third-order valence-corrected chi connectivity index (χ3v) is 2.41. The maximum atomic E-state index is 13.0. The van der Waals surface area contributed by atoms with Crippen LogP contribution in [0.2, 0.25) is 0 Å². The minimum absolute atomic E-state index is 0.0884. The topological polar surface area (TPSA) is 34.0 Å². The fourth-order valence-corrected chi connectivity index (χ4v) is 1.56. The van der Waals surface area contributed by atoms with Crippen LogP contribution in [-0.2, 0) is 11.3 Å². The molecular formula is C13H16F2N2O. The fraction of sp³-hybridized carbons (Fsp3) is 0.308. The maximum Gasteiger partial charge on any atom is 0.239 e. The van der Waals surface area contributed by atoms with Crippen molar-refractivity contribution < 1.29 is 13.6 Å². The Morgan fingerprint density at radius 1 is 1.28 bits per heavy atom. The molecule has 1 amide bonds. The van der Waals surface area contributed by atoms with Crippen molar-refractivity contribution in [3.63, 3.8) is 0 Å². The number of carbonyl (C=O) groups is 1. The Kier molecular flexibility index (Phi) is 4.83. The largest absolute Gasteiger partial charge is 0.358 e. The second-order valence-corrected chi connectivity index (χ2v) is 3.44. The molecule has 0 bridgehead atoms. The highest BCUT2D eigenvalue weighted by atomic mass is 19.2. The predicted octanol–water partition coefficient (Wildman–Crippen LogP) is 2.69. The van der Waals surface area contributed by atoms with Gasteiger partial charge in [0.25, 0.3) is 0 Å². The fourth-order valence-electron chi connectivity index (χ4n) is 1.56. The first-order valence-electron chi connectivity index (χ1n) is 5.76. The van der Waals surface area contributed by atoms with Crippen molar-refractivity contribution in [1.82, 2.24) is 9.88 Å². The maximum absolute atomic E-state index is 13.0. The van der Waals surface area contributed by atoms with Gasteiger partial charge in [0.1, 0.15) is 6.54 Å². The normalized spacial score (nSPS) is 9.83. The summed E-state index contributed by atoms with van der Waals surface area (Å²) in [6.07, 6.45) is 1.62. The Hall–Kier alpha value is -1.91. The number of hydrogen-bond donors (Lipinski definition) is 1. The minimum atomic E-state index is -0.913. The molecule has 0 aliphatic carbocycles. The highest BCUT2D eigenvalue weighted by molar-refractivity contribution is 5.83. The van der Waals surface area contributed by atoms with Crippen molar-refractivity contribution in [2.45, 2.75) is 20.4 Å². The number of benzene rings is 1. The zero-order valence-electron chi connectivity index (χ0n) is 10.6. The van der Waals surface area contributed by atoms with Gasteiger partial charge in [0.2, 0.25) is 5.91 Å². The molecule has 1 heterocycles. The summed E-state index contributed by atoms with van der Waals surface area (Å²) < 4.78 is 27.5. The van der Waals surface area contributed by atoms with E-state index in [-0.39, 0.29) is 12.5 Å². The monoisotopic (exact) mass is 254 g/mol. The van der Waals surface area contributed by atoms with Crippen LogP contribution in [-0.4, -0.2) is 17.5 Å². The molecule has 98 valence electrons. The summed E-state index contributed by atoms with van der Waals surface area (Å²) in [4.78, 5) is 11.2. The lowest BCUT2D eigenvalue weighted by molar-refractivity contribution is -0.121. The van der Waals surface area contributed by atoms with E-state index in [1.54, 1.807) is 16.8 Å². The number of fused-ring (bicyclic) bond motifs is 1. The lowest BCUT2D eigenvalue weighted by Crippen LogP contribution is -2.22. The Morgan fingerprint density at radius 3 is 2.50 bits per heavy atom. The van der Waals surface area contributed by atoms with E-state index < -0.39 is 11.6 Å². The van der Waals surface area contributed by atoms with Gasteiger partial charge in [0.15, 0.2) is 11.6 Å². The number of carbonyl (C=O) groups excluding carboxylic acids is 1. The molecule has 0 fully saturated rings. The summed E-state index contributed by atoms with van der Waals surface area (Å²) in [5.41, 5.74) is 0.502. The average Bonchev–Trinajstić information content (AvgIpc) is 2.75. The molecule has 18 heavy (non-hydrogen) atoms. The summed E-state index contributed by atoms with van der Waals surface area (Å²) in [6.45, 7) is 4.09. The van der Waals surface area contributed by atoms with E-state index in [0.717, 1.165) is 12.1 Å². The van der Waals surface area contributed by atoms with Gasteiger partial charge in [-0.2, -0.15) is 0 Å². The molecule has 2 rings (SSSR count). The summed E-state index contributed by atoms with van der Waals surface area (Å²) in [5.74, 6) is -1.99. The van der Waals surface area contributed by atoms with Crippen LogP contribution in [0.3, 0.4) is 0 Å². The third kappa shape index (κ3) is 2.85. The van der Waals surface area contributed by atoms with Crippen LogP contribution in [0.25, 0.3) is 10.9 Å². The number of hydrogen-bond acceptors (Lipinski definition) is 1. The molecule has 0 unspecified atom stereocenters. The summed E-state index contributed by atoms with van der Waals surface area (Å²) >= 11 is 0. The Labute approximate surface area is 104 Å². The first-order chi connectivity index (χ1) is 8.61. The van der Waals surface area contributed by atoms with Gasteiger partial charge in [-0.25, -0.2) is 8.78 Å². The van der Waals surface area contributed by atoms with Crippen molar-refractivity contribution in [3.8, 4) is 0 Å². The standard InChI is InChI=1S/C11H10F2N2O.C2H6/c1-14-11(16)6-15-3-2-7-4-8(12)9(13)5-10(7)15;1-2/h2-5H,6H2,1H3,(H,14,16);1-2H3. The van der Waals surface area contributed by atoms with Gasteiger partial charge >= 0.3 is 0 Å². The second kappa shape index (κ2) is 6.14. The van der Waals surface area contributed by atoms with E-state index in [1.165, 1.54) is 7.05 Å². The van der Waals surface area contributed by atoms with Crippen LogP contribution < -0.4 is 5.32 Å². The molecule has 1 N–H and O–H groups in total. The zero-order chi connectivity index (χ0) is 13.7. The van der Waals surface area contributed by atoms with Gasteiger partial charge in [0.05, 0.1) is 5.52 Å². The number of nitrogens with one attached hydrogen (secondary N) is 1. The van der Waals surface area contributed by atoms with Crippen molar-refractivity contribution in [1.29, 1.82) is 0 Å². The van der Waals surface area contributed by atoms with E-state index in [2.05, 4.69) is 5.32 Å². The molecule has 3 nitrogen and oxygen atoms in total. The van der Waals surface area contributed by atoms with Crippen LogP contribution in [0.1, 0.15) is 13.8 Å². The van der Waals surface area contributed by atoms with Gasteiger partial charge in [0, 0.05) is 24.7 Å². The molecule has 5 heteroatoms. The van der Waals surface area contributed by atoms with E-state index in [9.17, 15) is 13.6 Å². The van der Waals surface area contributed by atoms with Crippen LogP contribution in [0.5, 0.6) is 0 Å². The molecule has 0 aliphatic rings. The summed E-state index contributed by atoms with van der Waals surface area (Å²) in [6, 6.07) is 3.85. The lowest BCUT2D eigenvalue weighted by atomic mass is 10.2. The Morgan fingerprint density at radius 2 is 1.89 bits per heavy atom. The number of likely N-dealkylation sites (N-methyl/N-ethyl adjacent to an activating group) is 1. The highest BCUT2D eigenvalue weighted by Crippen LogP contribution is 2.19. The smallest absolute Gasteiger partial charge is 0.239 e. The van der Waals surface area contributed by atoms with Gasteiger partial charge in [-0.3, -0.25) is 4.79 Å². The van der Waals surface area contributed by atoms with Gasteiger partial charge in [-0.05, 0) is 12.1 Å². The number of rotatable bonds is 2. The van der Waals surface area contributed by atoms with Crippen molar-refractivity contribution >= 4 is 16.8 Å². The molecule has 0 atom stereocenters. The van der Waals surface area contributed by atoms with E-state index in [4.69, 9.17) is 0 Å². The Balaban J connectivity index is 0.000000771. The zero-order valence-corrected chi connectivity index (χ0v) is 10.6. The average molecular weight is 254 g/mol. The molecule has 0 spiro atoms. The van der Waals surface area contributed by atoms with Gasteiger partial charge < -0.3 is 9.88 Å². The van der Waals surface area contributed by atoms with Crippen molar-refractivity contribution in [2.75, 3.05) is 7.05 Å². The highest BCUT2D eigenvalue weighted by Gasteiger charge is 2.09. The van der Waals surface area contributed by atoms with Crippen molar-refractivity contribution in [3.05, 3.63) is 36.0 Å². The first kappa shape index (κ1) is 14.2. The lowest BCUT2D eigenvalue weighted by Gasteiger charge is -2.04. The van der Waals surface area contributed by atoms with E-state index in [0.29, 0.717) is 10.9 Å². The van der Waals surface area contributed by atoms with Crippen LogP contribution in [0.15, 0.2) is 24.4 Å². The van der Waals surface area contributed by atoms with Crippen LogP contribution in [0, 0.1) is 11.6 Å². The quantitative estimate of drug-likeness (QED) is 0.878. The number of amides is 1. The number of nitrogens with zero attached hydrogens (tertiary/aromatic N) is 1. The van der Waals surface area contributed by atoms with Crippen molar-refractivity contribution in [2.24, 2.45) is 0 Å². The number of aromatic nitrogens is 1. The predicted molar refractivity (Wildman–Crippen MR) is 67.3 cm³/mol. The minimum Gasteiger partial charge on any atom is -0.358 e. The van der Waals surface area contributed by atoms with Gasteiger partial charge in [-0.15, -0.1) is 0 Å². The van der Waals surface area contributed by atoms with E-state index >= 15 is 0 Å². The molecule has 0 saturated heterocycles. The third-order valence-electron chi connectivity index (χ3n) is 2.41.